The Labute approximate surface area is 128 Å². The SMILES string of the molecule is CCCCC(C)CCC(C(=O)O)N(N)C(=O)CC(C)CC. The van der Waals surface area contributed by atoms with Crippen LogP contribution in [0, 0.1) is 11.8 Å². The van der Waals surface area contributed by atoms with Gasteiger partial charge in [-0.1, -0.05) is 53.4 Å². The van der Waals surface area contributed by atoms with E-state index in [1.54, 1.807) is 0 Å². The van der Waals surface area contributed by atoms with Crippen molar-refractivity contribution in [3.8, 4) is 0 Å². The molecule has 0 aromatic rings. The Morgan fingerprint density at radius 2 is 1.71 bits per heavy atom. The Morgan fingerprint density at radius 1 is 1.10 bits per heavy atom. The largest absolute Gasteiger partial charge is 0.480 e. The van der Waals surface area contributed by atoms with Crippen molar-refractivity contribution in [3.05, 3.63) is 0 Å². The van der Waals surface area contributed by atoms with Crippen molar-refractivity contribution in [2.45, 2.75) is 78.7 Å². The predicted molar refractivity (Wildman–Crippen MR) is 84.5 cm³/mol. The van der Waals surface area contributed by atoms with Crippen LogP contribution in [0.15, 0.2) is 0 Å². The van der Waals surface area contributed by atoms with E-state index < -0.39 is 12.0 Å². The average molecular weight is 300 g/mol. The summed E-state index contributed by atoms with van der Waals surface area (Å²) < 4.78 is 0. The van der Waals surface area contributed by atoms with Crippen molar-refractivity contribution < 1.29 is 14.7 Å². The maximum absolute atomic E-state index is 12.0. The molecule has 0 heterocycles. The second-order valence-corrected chi connectivity index (χ2v) is 6.20. The molecule has 0 radical (unpaired) electrons. The zero-order valence-corrected chi connectivity index (χ0v) is 14.0. The summed E-state index contributed by atoms with van der Waals surface area (Å²) in [4.78, 5) is 23.4. The van der Waals surface area contributed by atoms with Crippen LogP contribution < -0.4 is 5.84 Å². The summed E-state index contributed by atoms with van der Waals surface area (Å²) in [6.45, 7) is 8.23. The molecule has 0 aliphatic rings. The van der Waals surface area contributed by atoms with E-state index >= 15 is 0 Å². The van der Waals surface area contributed by atoms with Gasteiger partial charge in [0.15, 0.2) is 0 Å². The summed E-state index contributed by atoms with van der Waals surface area (Å²) in [6.07, 6.45) is 5.77. The number of hydrazine groups is 1. The third-order valence-electron chi connectivity index (χ3n) is 4.11. The van der Waals surface area contributed by atoms with Gasteiger partial charge in [0, 0.05) is 6.42 Å². The lowest BCUT2D eigenvalue weighted by Crippen LogP contribution is -2.50. The third kappa shape index (κ3) is 8.05. The number of hydrogen-bond acceptors (Lipinski definition) is 3. The topological polar surface area (TPSA) is 83.6 Å². The second kappa shape index (κ2) is 10.6. The standard InChI is InChI=1S/C16H32N2O3/c1-5-7-8-13(4)9-10-14(16(20)21)18(17)15(19)11-12(3)6-2/h12-14H,5-11,17H2,1-4H3,(H,20,21). The molecule has 0 saturated carbocycles. The summed E-state index contributed by atoms with van der Waals surface area (Å²) in [5.41, 5.74) is 0. The van der Waals surface area contributed by atoms with Gasteiger partial charge in [0.25, 0.3) is 0 Å². The van der Waals surface area contributed by atoms with Crippen LogP contribution in [0.2, 0.25) is 0 Å². The smallest absolute Gasteiger partial charge is 0.328 e. The highest BCUT2D eigenvalue weighted by atomic mass is 16.4. The number of unbranched alkanes of at least 4 members (excludes halogenated alkanes) is 1. The molecule has 0 bridgehead atoms. The number of carboxylic acid groups (broad SMARTS) is 1. The van der Waals surface area contributed by atoms with Crippen molar-refractivity contribution in [1.29, 1.82) is 0 Å². The molecule has 3 atom stereocenters. The number of carbonyl (C=O) groups excluding carboxylic acids is 1. The molecule has 0 rings (SSSR count). The van der Waals surface area contributed by atoms with E-state index in [1.807, 2.05) is 13.8 Å². The number of rotatable bonds is 11. The number of carbonyl (C=O) groups is 2. The summed E-state index contributed by atoms with van der Waals surface area (Å²) in [6, 6.07) is -0.911. The van der Waals surface area contributed by atoms with Gasteiger partial charge >= 0.3 is 5.97 Å². The Bertz CT molecular complexity index is 321. The second-order valence-electron chi connectivity index (χ2n) is 6.20. The minimum Gasteiger partial charge on any atom is -0.480 e. The molecule has 0 saturated heterocycles. The number of nitrogens with two attached hydrogens (primary N) is 1. The molecule has 0 aliphatic heterocycles. The number of aliphatic carboxylic acids is 1. The maximum Gasteiger partial charge on any atom is 0.328 e. The molecule has 124 valence electrons. The zero-order chi connectivity index (χ0) is 16.4. The first-order valence-corrected chi connectivity index (χ1v) is 8.12. The minimum absolute atomic E-state index is 0.224. The van der Waals surface area contributed by atoms with E-state index in [4.69, 9.17) is 5.84 Å². The normalized spacial score (nSPS) is 15.3. The quantitative estimate of drug-likeness (QED) is 0.349. The van der Waals surface area contributed by atoms with Crippen LogP contribution in [0.5, 0.6) is 0 Å². The van der Waals surface area contributed by atoms with Crippen LogP contribution >= 0.6 is 0 Å². The molecule has 0 aliphatic carbocycles. The Hall–Kier alpha value is -1.10. The lowest BCUT2D eigenvalue weighted by molar-refractivity contribution is -0.151. The van der Waals surface area contributed by atoms with E-state index in [1.165, 1.54) is 0 Å². The lowest BCUT2D eigenvalue weighted by atomic mass is 9.96. The maximum atomic E-state index is 12.0. The van der Waals surface area contributed by atoms with Gasteiger partial charge in [-0.05, 0) is 24.7 Å². The zero-order valence-electron chi connectivity index (χ0n) is 14.0. The molecule has 3 N–H and O–H groups in total. The minimum atomic E-state index is -1.02. The van der Waals surface area contributed by atoms with Crippen LogP contribution in [-0.4, -0.2) is 28.0 Å². The molecular formula is C16H32N2O3. The van der Waals surface area contributed by atoms with Crippen molar-refractivity contribution in [1.82, 2.24) is 5.01 Å². The van der Waals surface area contributed by atoms with E-state index in [0.29, 0.717) is 18.8 Å². The van der Waals surface area contributed by atoms with Gasteiger partial charge in [-0.3, -0.25) is 9.80 Å². The number of carboxylic acids is 1. The highest BCUT2D eigenvalue weighted by Gasteiger charge is 2.28. The Kier molecular flexibility index (Phi) is 10.0. The van der Waals surface area contributed by atoms with Crippen LogP contribution in [0.1, 0.15) is 72.6 Å². The Morgan fingerprint density at radius 3 is 2.19 bits per heavy atom. The highest BCUT2D eigenvalue weighted by Crippen LogP contribution is 2.18. The van der Waals surface area contributed by atoms with Gasteiger partial charge in [0.1, 0.15) is 6.04 Å². The van der Waals surface area contributed by atoms with Crippen LogP contribution in [-0.2, 0) is 9.59 Å². The average Bonchev–Trinajstić information content (AvgIpc) is 2.44. The molecule has 5 heteroatoms. The van der Waals surface area contributed by atoms with E-state index in [-0.39, 0.29) is 11.8 Å². The number of nitrogens with zero attached hydrogens (tertiary/aromatic N) is 1. The summed E-state index contributed by atoms with van der Waals surface area (Å²) in [7, 11) is 0. The van der Waals surface area contributed by atoms with Gasteiger partial charge in [-0.2, -0.15) is 0 Å². The van der Waals surface area contributed by atoms with Gasteiger partial charge in [-0.25, -0.2) is 10.6 Å². The number of hydrogen-bond donors (Lipinski definition) is 2. The third-order valence-corrected chi connectivity index (χ3v) is 4.11. The fraction of sp³-hybridized carbons (Fsp3) is 0.875. The lowest BCUT2D eigenvalue weighted by Gasteiger charge is -2.26. The Balaban J connectivity index is 4.46. The van der Waals surface area contributed by atoms with Crippen LogP contribution in [0.25, 0.3) is 0 Å². The van der Waals surface area contributed by atoms with Crippen LogP contribution in [0.4, 0.5) is 0 Å². The summed E-state index contributed by atoms with van der Waals surface area (Å²) in [5.74, 6) is 5.15. The van der Waals surface area contributed by atoms with Crippen molar-refractivity contribution in [2.24, 2.45) is 17.7 Å². The predicted octanol–water partition coefficient (Wildman–Crippen LogP) is 3.18. The van der Waals surface area contributed by atoms with Gasteiger partial charge in [-0.15, -0.1) is 0 Å². The monoisotopic (exact) mass is 300 g/mol. The van der Waals surface area contributed by atoms with E-state index in [2.05, 4.69) is 13.8 Å². The van der Waals surface area contributed by atoms with Crippen molar-refractivity contribution in [2.75, 3.05) is 0 Å². The molecule has 21 heavy (non-hydrogen) atoms. The summed E-state index contributed by atoms with van der Waals surface area (Å²) >= 11 is 0. The molecule has 0 aromatic heterocycles. The van der Waals surface area contributed by atoms with Crippen molar-refractivity contribution >= 4 is 11.9 Å². The first kappa shape index (κ1) is 19.9. The molecule has 0 fully saturated rings. The number of amides is 1. The van der Waals surface area contributed by atoms with Crippen molar-refractivity contribution in [3.63, 3.8) is 0 Å². The fourth-order valence-corrected chi connectivity index (χ4v) is 2.24. The molecule has 1 amide bonds. The molecule has 5 nitrogen and oxygen atoms in total. The van der Waals surface area contributed by atoms with Crippen LogP contribution in [0.3, 0.4) is 0 Å². The fourth-order valence-electron chi connectivity index (χ4n) is 2.24. The van der Waals surface area contributed by atoms with E-state index in [9.17, 15) is 14.7 Å². The highest BCUT2D eigenvalue weighted by molar-refractivity contribution is 5.83. The van der Waals surface area contributed by atoms with Gasteiger partial charge in [0.2, 0.25) is 5.91 Å². The van der Waals surface area contributed by atoms with Gasteiger partial charge < -0.3 is 5.11 Å². The molecule has 0 spiro atoms. The first-order valence-electron chi connectivity index (χ1n) is 8.12. The molecule has 3 unspecified atom stereocenters. The first-order chi connectivity index (χ1) is 9.83. The molecular weight excluding hydrogens is 268 g/mol. The van der Waals surface area contributed by atoms with Gasteiger partial charge in [0.05, 0.1) is 0 Å². The summed E-state index contributed by atoms with van der Waals surface area (Å²) in [5, 5.41) is 10.2. The molecule has 0 aromatic carbocycles. The van der Waals surface area contributed by atoms with E-state index in [0.717, 1.165) is 37.1 Å².